The Labute approximate surface area is 158 Å². The number of Topliss-reactive ketones (excluding diaryl/α,β-unsaturated/α-hetero) is 1. The molecule has 2 saturated heterocycles. The third kappa shape index (κ3) is 4.69. The predicted molar refractivity (Wildman–Crippen MR) is 107 cm³/mol. The van der Waals surface area contributed by atoms with E-state index in [9.17, 15) is 9.59 Å². The van der Waals surface area contributed by atoms with Crippen LogP contribution in [-0.2, 0) is 4.79 Å². The molecular formula is C21H27N2O2P. The lowest BCUT2D eigenvalue weighted by atomic mass is 9.82. The Morgan fingerprint density at radius 2 is 1.58 bits per heavy atom. The van der Waals surface area contributed by atoms with E-state index >= 15 is 0 Å². The lowest BCUT2D eigenvalue weighted by Gasteiger charge is -2.42. The number of amides is 1. The smallest absolute Gasteiger partial charge is 0.254 e. The van der Waals surface area contributed by atoms with Gasteiger partial charge in [-0.1, -0.05) is 51.9 Å². The summed E-state index contributed by atoms with van der Waals surface area (Å²) in [6.45, 7) is 2.42. The summed E-state index contributed by atoms with van der Waals surface area (Å²) in [7, 11) is 2.75. The third-order valence-corrected chi connectivity index (χ3v) is 5.79. The van der Waals surface area contributed by atoms with Gasteiger partial charge >= 0.3 is 0 Å². The SMILES string of the molecule is O=C1CCN(C(=O)c2ccccccccc2)C2CCCN(P)CCC12. The van der Waals surface area contributed by atoms with Gasteiger partial charge in [0, 0.05) is 43.6 Å². The molecule has 1 aromatic carbocycles. The molecule has 138 valence electrons. The van der Waals surface area contributed by atoms with Crippen LogP contribution in [0.2, 0.25) is 0 Å². The second-order valence-corrected chi connectivity index (χ2v) is 7.72. The molecule has 1 aromatic rings. The first-order chi connectivity index (χ1) is 12.7. The van der Waals surface area contributed by atoms with Crippen LogP contribution in [0.5, 0.6) is 0 Å². The lowest BCUT2D eigenvalue weighted by molar-refractivity contribution is -0.128. The van der Waals surface area contributed by atoms with E-state index in [1.165, 1.54) is 0 Å². The molecule has 5 heteroatoms. The first kappa shape index (κ1) is 19.0. The number of rotatable bonds is 1. The van der Waals surface area contributed by atoms with Crippen molar-refractivity contribution in [1.82, 2.24) is 9.57 Å². The fourth-order valence-electron chi connectivity index (χ4n) is 3.90. The molecule has 2 heterocycles. The molecule has 0 N–H and O–H groups in total. The van der Waals surface area contributed by atoms with Crippen LogP contribution in [0.25, 0.3) is 0 Å². The van der Waals surface area contributed by atoms with Crippen molar-refractivity contribution in [3.63, 3.8) is 0 Å². The van der Waals surface area contributed by atoms with Crippen molar-refractivity contribution in [2.45, 2.75) is 31.7 Å². The van der Waals surface area contributed by atoms with E-state index in [0.29, 0.717) is 24.3 Å². The standard InChI is InChI=1S/C21H27N2O2P/c24-20-13-16-23(19-11-8-14-22(26)15-12-18(19)20)21(25)17-9-6-4-2-1-3-5-7-10-17/h1-7,9-10,18-19H,8,11-16,26H2. The zero-order valence-corrected chi connectivity index (χ0v) is 16.2. The minimum Gasteiger partial charge on any atom is -0.334 e. The highest BCUT2D eigenvalue weighted by Gasteiger charge is 2.39. The molecule has 3 rings (SSSR count). The van der Waals surface area contributed by atoms with Crippen molar-refractivity contribution in [3.8, 4) is 0 Å². The van der Waals surface area contributed by atoms with Gasteiger partial charge in [-0.05, 0) is 31.4 Å². The number of hydrogen-bond acceptors (Lipinski definition) is 3. The Hall–Kier alpha value is -1.77. The number of fused-ring (bicyclic) bond motifs is 1. The Morgan fingerprint density at radius 1 is 0.923 bits per heavy atom. The Kier molecular flexibility index (Phi) is 6.76. The molecule has 0 spiro atoms. The summed E-state index contributed by atoms with van der Waals surface area (Å²) in [6.07, 6.45) is 3.20. The van der Waals surface area contributed by atoms with Crippen LogP contribution in [0.3, 0.4) is 0 Å². The van der Waals surface area contributed by atoms with Gasteiger partial charge < -0.3 is 4.90 Å². The number of likely N-dealkylation sites (tertiary alicyclic amines) is 1. The molecule has 3 atom stereocenters. The van der Waals surface area contributed by atoms with Crippen molar-refractivity contribution in [1.29, 1.82) is 0 Å². The third-order valence-electron chi connectivity index (χ3n) is 5.28. The van der Waals surface area contributed by atoms with Crippen molar-refractivity contribution in [2.24, 2.45) is 5.92 Å². The van der Waals surface area contributed by atoms with E-state index in [1.807, 2.05) is 59.5 Å². The molecule has 0 radical (unpaired) electrons. The summed E-state index contributed by atoms with van der Waals surface area (Å²) < 4.78 is 2.21. The van der Waals surface area contributed by atoms with Crippen LogP contribution in [0.15, 0.2) is 54.6 Å². The maximum atomic E-state index is 13.2. The molecule has 3 unspecified atom stereocenters. The first-order valence-electron chi connectivity index (χ1n) is 9.38. The highest BCUT2D eigenvalue weighted by atomic mass is 31.0. The number of nitrogens with zero attached hydrogens (tertiary/aromatic N) is 2. The van der Waals surface area contributed by atoms with Gasteiger partial charge in [-0.15, -0.1) is 0 Å². The van der Waals surface area contributed by atoms with Gasteiger partial charge in [0.15, 0.2) is 0 Å². The summed E-state index contributed by atoms with van der Waals surface area (Å²) in [5.41, 5.74) is 0.670. The minimum absolute atomic E-state index is 0.0291. The van der Waals surface area contributed by atoms with Gasteiger partial charge in [0.1, 0.15) is 5.78 Å². The van der Waals surface area contributed by atoms with Crippen molar-refractivity contribution in [2.75, 3.05) is 19.6 Å². The van der Waals surface area contributed by atoms with E-state index in [-0.39, 0.29) is 17.9 Å². The van der Waals surface area contributed by atoms with E-state index in [1.54, 1.807) is 0 Å². The van der Waals surface area contributed by atoms with E-state index < -0.39 is 0 Å². The van der Waals surface area contributed by atoms with E-state index in [2.05, 4.69) is 14.1 Å². The second-order valence-electron chi connectivity index (χ2n) is 6.99. The normalized spacial score (nSPS) is 24.0. The van der Waals surface area contributed by atoms with Gasteiger partial charge in [-0.25, -0.2) is 0 Å². The van der Waals surface area contributed by atoms with E-state index in [0.717, 1.165) is 32.4 Å². The maximum Gasteiger partial charge on any atom is 0.254 e. The monoisotopic (exact) mass is 370 g/mol. The molecule has 2 aliphatic heterocycles. The average Bonchev–Trinajstić information content (AvgIpc) is 2.63. The van der Waals surface area contributed by atoms with Crippen LogP contribution in [0.1, 0.15) is 36.0 Å². The largest absolute Gasteiger partial charge is 0.334 e. The van der Waals surface area contributed by atoms with Gasteiger partial charge in [-0.3, -0.25) is 14.3 Å². The zero-order valence-electron chi connectivity index (χ0n) is 15.1. The Balaban J connectivity index is 1.87. The highest BCUT2D eigenvalue weighted by Crippen LogP contribution is 2.30. The predicted octanol–water partition coefficient (Wildman–Crippen LogP) is 3.49. The molecule has 2 aliphatic rings. The van der Waals surface area contributed by atoms with Crippen molar-refractivity contribution in [3.05, 3.63) is 60.2 Å². The summed E-state index contributed by atoms with van der Waals surface area (Å²) in [5.74, 6) is 0.330. The number of piperidine rings is 1. The summed E-state index contributed by atoms with van der Waals surface area (Å²) in [6, 6.07) is 17.2. The molecule has 0 saturated carbocycles. The maximum absolute atomic E-state index is 13.2. The summed E-state index contributed by atoms with van der Waals surface area (Å²) >= 11 is 0. The second kappa shape index (κ2) is 9.25. The van der Waals surface area contributed by atoms with Crippen LogP contribution in [-0.4, -0.2) is 46.9 Å². The van der Waals surface area contributed by atoms with Crippen LogP contribution in [0, 0.1) is 5.92 Å². The summed E-state index contributed by atoms with van der Waals surface area (Å²) in [4.78, 5) is 27.7. The molecule has 0 bridgehead atoms. The molecule has 0 aromatic heterocycles. The Morgan fingerprint density at radius 3 is 2.27 bits per heavy atom. The first-order valence-corrected chi connectivity index (χ1v) is 9.90. The van der Waals surface area contributed by atoms with Crippen molar-refractivity contribution < 1.29 is 9.59 Å². The number of carbonyl (C=O) groups excluding carboxylic acids is 2. The number of carbonyl (C=O) groups is 2. The molecular weight excluding hydrogens is 343 g/mol. The van der Waals surface area contributed by atoms with Crippen LogP contribution >= 0.6 is 9.39 Å². The van der Waals surface area contributed by atoms with E-state index in [4.69, 9.17) is 0 Å². The highest BCUT2D eigenvalue weighted by molar-refractivity contribution is 7.13. The molecule has 26 heavy (non-hydrogen) atoms. The lowest BCUT2D eigenvalue weighted by Crippen LogP contribution is -2.53. The van der Waals surface area contributed by atoms with Crippen LogP contribution < -0.4 is 0 Å². The molecule has 0 aliphatic carbocycles. The van der Waals surface area contributed by atoms with Gasteiger partial charge in [0.2, 0.25) is 0 Å². The van der Waals surface area contributed by atoms with Gasteiger partial charge in [-0.2, -0.15) is 0 Å². The molecule has 1 amide bonds. The Bertz CT molecular complexity index is 683. The topological polar surface area (TPSA) is 40.6 Å². The summed E-state index contributed by atoms with van der Waals surface area (Å²) in [5, 5.41) is 0. The average molecular weight is 370 g/mol. The fourth-order valence-corrected chi connectivity index (χ4v) is 4.23. The quantitative estimate of drug-likeness (QED) is 0.711. The minimum atomic E-state index is -0.0291. The number of hydrogen-bond donors (Lipinski definition) is 0. The van der Waals surface area contributed by atoms with Gasteiger partial charge in [0.05, 0.1) is 0 Å². The van der Waals surface area contributed by atoms with Gasteiger partial charge in [0.25, 0.3) is 5.91 Å². The number of ketones is 1. The molecule has 4 nitrogen and oxygen atoms in total. The molecule has 2 fully saturated rings. The van der Waals surface area contributed by atoms with Crippen molar-refractivity contribution >= 4 is 21.1 Å². The fraction of sp³-hybridized carbons (Fsp3) is 0.429. The zero-order chi connectivity index (χ0) is 18.4. The van der Waals surface area contributed by atoms with Crippen LogP contribution in [0.4, 0.5) is 0 Å².